The third-order valence-electron chi connectivity index (χ3n) is 4.55. The molecule has 4 nitrogen and oxygen atoms in total. The van der Waals surface area contributed by atoms with Crippen molar-refractivity contribution in [2.24, 2.45) is 0 Å². The zero-order valence-electron chi connectivity index (χ0n) is 17.4. The molecule has 3 aromatic rings. The van der Waals surface area contributed by atoms with Gasteiger partial charge in [0.15, 0.2) is 0 Å². The van der Waals surface area contributed by atoms with E-state index in [-0.39, 0.29) is 13.2 Å². The number of hydrogen-bond donors (Lipinski definition) is 0. The Hall–Kier alpha value is -2.12. The molecule has 0 aromatic heterocycles. The molecule has 0 bridgehead atoms. The fourth-order valence-corrected chi connectivity index (χ4v) is 4.03. The monoisotopic (exact) mass is 506 g/mol. The summed E-state index contributed by atoms with van der Waals surface area (Å²) >= 11 is 15.3. The highest BCUT2D eigenvalue weighted by atomic mass is 35.5. The second-order valence-corrected chi connectivity index (χ2v) is 9.23. The Kier molecular flexibility index (Phi) is 8.93. The quantitative estimate of drug-likeness (QED) is 0.238. The molecule has 32 heavy (non-hydrogen) atoms. The van der Waals surface area contributed by atoms with E-state index in [0.29, 0.717) is 21.2 Å². The first-order valence-electron chi connectivity index (χ1n) is 9.50. The highest BCUT2D eigenvalue weighted by Crippen LogP contribution is 2.25. The van der Waals surface area contributed by atoms with Gasteiger partial charge in [0.05, 0.1) is 21.2 Å². The number of halogens is 2. The van der Waals surface area contributed by atoms with Crippen LogP contribution in [0.1, 0.15) is 31.8 Å². The second kappa shape index (κ2) is 11.7. The molecule has 0 aliphatic heterocycles. The Morgan fingerprint density at radius 2 is 1.06 bits per heavy atom. The van der Waals surface area contributed by atoms with Crippen LogP contribution in [0.25, 0.3) is 0 Å². The molecule has 0 fully saturated rings. The Bertz CT molecular complexity index is 1030. The van der Waals surface area contributed by atoms with Crippen molar-refractivity contribution in [3.63, 3.8) is 0 Å². The van der Waals surface area contributed by atoms with Gasteiger partial charge in [-0.3, -0.25) is 0 Å². The lowest BCUT2D eigenvalue weighted by atomic mass is 10.1. The lowest BCUT2D eigenvalue weighted by Crippen LogP contribution is -2.07. The number of thioether (sulfide) groups is 2. The molecule has 0 aliphatic carbocycles. The van der Waals surface area contributed by atoms with Crippen molar-refractivity contribution in [2.45, 2.75) is 23.0 Å². The summed E-state index contributed by atoms with van der Waals surface area (Å²) in [6.07, 6.45) is 3.85. The normalized spacial score (nSPS) is 10.6. The molecule has 0 spiro atoms. The molecule has 0 atom stereocenters. The van der Waals surface area contributed by atoms with Gasteiger partial charge in [0.2, 0.25) is 0 Å². The van der Waals surface area contributed by atoms with E-state index < -0.39 is 11.9 Å². The summed E-state index contributed by atoms with van der Waals surface area (Å²) < 4.78 is 10.8. The summed E-state index contributed by atoms with van der Waals surface area (Å²) in [4.78, 5) is 26.6. The molecule has 0 unspecified atom stereocenters. The molecule has 0 N–H and O–H groups in total. The first-order valence-corrected chi connectivity index (χ1v) is 12.7. The SMILES string of the molecule is CSc1ccc(Cl)c(C(=O)OCc2ccc(COC(=O)c3cc(SC)ccc3Cl)cc2)c1. The van der Waals surface area contributed by atoms with Gasteiger partial charge in [-0.2, -0.15) is 0 Å². The molecule has 3 aromatic carbocycles. The van der Waals surface area contributed by atoms with E-state index in [1.807, 2.05) is 48.9 Å². The van der Waals surface area contributed by atoms with Gasteiger partial charge in [-0.1, -0.05) is 47.5 Å². The number of benzene rings is 3. The Labute approximate surface area is 205 Å². The van der Waals surface area contributed by atoms with E-state index in [4.69, 9.17) is 32.7 Å². The summed E-state index contributed by atoms with van der Waals surface area (Å²) in [5, 5.41) is 0.710. The molecule has 0 radical (unpaired) electrons. The number of hydrogen-bond acceptors (Lipinski definition) is 6. The van der Waals surface area contributed by atoms with Crippen molar-refractivity contribution in [2.75, 3.05) is 12.5 Å². The molecule has 0 amide bonds. The number of carbonyl (C=O) groups excluding carboxylic acids is 2. The topological polar surface area (TPSA) is 52.6 Å². The number of esters is 2. The maximum Gasteiger partial charge on any atom is 0.340 e. The zero-order chi connectivity index (χ0) is 23.1. The molecular weight excluding hydrogens is 487 g/mol. The predicted molar refractivity (Wildman–Crippen MR) is 131 cm³/mol. The highest BCUT2D eigenvalue weighted by Gasteiger charge is 2.14. The molecule has 3 rings (SSSR count). The van der Waals surface area contributed by atoms with E-state index in [2.05, 4.69) is 0 Å². The highest BCUT2D eigenvalue weighted by molar-refractivity contribution is 7.98. The fourth-order valence-electron chi connectivity index (χ4n) is 2.76. The molecule has 0 aliphatic rings. The van der Waals surface area contributed by atoms with E-state index in [1.54, 1.807) is 24.3 Å². The molecule has 0 saturated carbocycles. The third-order valence-corrected chi connectivity index (χ3v) is 6.66. The molecule has 8 heteroatoms. The van der Waals surface area contributed by atoms with Crippen molar-refractivity contribution in [1.82, 2.24) is 0 Å². The number of rotatable bonds is 8. The summed E-state index contributed by atoms with van der Waals surface area (Å²) in [7, 11) is 0. The third kappa shape index (κ3) is 6.45. The van der Waals surface area contributed by atoms with E-state index in [0.717, 1.165) is 20.9 Å². The first kappa shape index (κ1) is 24.5. The Morgan fingerprint density at radius 1 is 0.688 bits per heavy atom. The van der Waals surface area contributed by atoms with Crippen molar-refractivity contribution < 1.29 is 19.1 Å². The average molecular weight is 507 g/mol. The smallest absolute Gasteiger partial charge is 0.340 e. The standard InChI is InChI=1S/C24H20Cl2O4S2/c1-31-17-7-9-21(25)19(11-17)23(27)29-13-15-3-5-16(6-4-15)14-30-24(28)20-12-18(32-2)8-10-22(20)26/h3-12H,13-14H2,1-2H3. The van der Waals surface area contributed by atoms with Crippen LogP contribution in [0.2, 0.25) is 10.0 Å². The van der Waals surface area contributed by atoms with Crippen LogP contribution in [0.4, 0.5) is 0 Å². The molecule has 0 saturated heterocycles. The van der Waals surface area contributed by atoms with Crippen LogP contribution in [0.15, 0.2) is 70.5 Å². The molecular formula is C24H20Cl2O4S2. The summed E-state index contributed by atoms with van der Waals surface area (Å²) in [6.45, 7) is 0.214. The van der Waals surface area contributed by atoms with Crippen molar-refractivity contribution in [3.8, 4) is 0 Å². The van der Waals surface area contributed by atoms with Gasteiger partial charge in [-0.15, -0.1) is 23.5 Å². The van der Waals surface area contributed by atoms with Gasteiger partial charge in [0, 0.05) is 9.79 Å². The molecule has 0 heterocycles. The van der Waals surface area contributed by atoms with Gasteiger partial charge in [0.1, 0.15) is 13.2 Å². The lowest BCUT2D eigenvalue weighted by molar-refractivity contribution is 0.0460. The van der Waals surface area contributed by atoms with Crippen LogP contribution in [-0.4, -0.2) is 24.5 Å². The van der Waals surface area contributed by atoms with E-state index in [1.165, 1.54) is 23.5 Å². The van der Waals surface area contributed by atoms with Crippen molar-refractivity contribution in [1.29, 1.82) is 0 Å². The second-order valence-electron chi connectivity index (χ2n) is 6.66. The average Bonchev–Trinajstić information content (AvgIpc) is 2.82. The first-order chi connectivity index (χ1) is 15.4. The van der Waals surface area contributed by atoms with Gasteiger partial charge in [0.25, 0.3) is 0 Å². The lowest BCUT2D eigenvalue weighted by Gasteiger charge is -2.09. The summed E-state index contributed by atoms with van der Waals surface area (Å²) in [6, 6.07) is 17.8. The minimum absolute atomic E-state index is 0.107. The van der Waals surface area contributed by atoms with Crippen LogP contribution in [0.5, 0.6) is 0 Å². The van der Waals surface area contributed by atoms with Crippen molar-refractivity contribution >= 4 is 58.7 Å². The van der Waals surface area contributed by atoms with Crippen LogP contribution >= 0.6 is 46.7 Å². The van der Waals surface area contributed by atoms with Gasteiger partial charge < -0.3 is 9.47 Å². The Morgan fingerprint density at radius 3 is 1.41 bits per heavy atom. The molecule has 166 valence electrons. The van der Waals surface area contributed by atoms with Crippen LogP contribution in [-0.2, 0) is 22.7 Å². The maximum absolute atomic E-state index is 12.4. The Balaban J connectivity index is 1.55. The van der Waals surface area contributed by atoms with Gasteiger partial charge >= 0.3 is 11.9 Å². The summed E-state index contributed by atoms with van der Waals surface area (Å²) in [5.74, 6) is -0.957. The fraction of sp³-hybridized carbons (Fsp3) is 0.167. The van der Waals surface area contributed by atoms with Crippen LogP contribution in [0, 0.1) is 0 Å². The summed E-state index contributed by atoms with van der Waals surface area (Å²) in [5.41, 5.74) is 2.29. The largest absolute Gasteiger partial charge is 0.457 e. The predicted octanol–water partition coefficient (Wildman–Crippen LogP) is 7.15. The minimum Gasteiger partial charge on any atom is -0.457 e. The van der Waals surface area contributed by atoms with Gasteiger partial charge in [-0.05, 0) is 60.0 Å². The zero-order valence-corrected chi connectivity index (χ0v) is 20.5. The van der Waals surface area contributed by atoms with E-state index >= 15 is 0 Å². The number of carbonyl (C=O) groups is 2. The van der Waals surface area contributed by atoms with Crippen LogP contribution in [0.3, 0.4) is 0 Å². The van der Waals surface area contributed by atoms with E-state index in [9.17, 15) is 9.59 Å². The van der Waals surface area contributed by atoms with Crippen molar-refractivity contribution in [3.05, 3.63) is 93.0 Å². The van der Waals surface area contributed by atoms with Gasteiger partial charge in [-0.25, -0.2) is 9.59 Å². The maximum atomic E-state index is 12.4. The minimum atomic E-state index is -0.478. The van der Waals surface area contributed by atoms with Crippen LogP contribution < -0.4 is 0 Å². The number of ether oxygens (including phenoxy) is 2.